The highest BCUT2D eigenvalue weighted by Gasteiger charge is 2.31. The maximum absolute atomic E-state index is 12.5. The van der Waals surface area contributed by atoms with E-state index in [0.717, 1.165) is 0 Å². The van der Waals surface area contributed by atoms with Crippen LogP contribution in [0.25, 0.3) is 0 Å². The van der Waals surface area contributed by atoms with Crippen LogP contribution in [0.3, 0.4) is 0 Å². The number of amides is 3. The number of carboxylic acids is 1. The number of nitrogens with zero attached hydrogens (tertiary/aromatic N) is 1. The van der Waals surface area contributed by atoms with Gasteiger partial charge in [0.05, 0.1) is 19.3 Å². The molecule has 14 nitrogen and oxygen atoms in total. The molecule has 0 bridgehead atoms. The van der Waals surface area contributed by atoms with Gasteiger partial charge in [-0.3, -0.25) is 19.4 Å². The molecule has 0 aromatic rings. The highest BCUT2D eigenvalue weighted by Crippen LogP contribution is 2.02. The Morgan fingerprint density at radius 1 is 1.03 bits per heavy atom. The molecule has 29 heavy (non-hydrogen) atoms. The summed E-state index contributed by atoms with van der Waals surface area (Å²) in [6.07, 6.45) is -1.01. The number of aliphatic carboxylic acids is 1. The van der Waals surface area contributed by atoms with Crippen molar-refractivity contribution in [3.63, 3.8) is 0 Å². The molecule has 0 fully saturated rings. The molecule has 166 valence electrons. The van der Waals surface area contributed by atoms with E-state index < -0.39 is 54.5 Å². The third kappa shape index (κ3) is 10.2. The van der Waals surface area contributed by atoms with E-state index in [-0.39, 0.29) is 25.5 Å². The maximum atomic E-state index is 12.5. The first-order valence-electron chi connectivity index (χ1n) is 8.70. The Labute approximate surface area is 166 Å². The molecular formula is C15H29N7O7. The van der Waals surface area contributed by atoms with Gasteiger partial charge in [0, 0.05) is 6.54 Å². The molecule has 0 saturated carbocycles. The van der Waals surface area contributed by atoms with E-state index in [0.29, 0.717) is 6.42 Å². The lowest BCUT2D eigenvalue weighted by atomic mass is 10.1. The molecule has 3 amide bonds. The van der Waals surface area contributed by atoms with Crippen molar-refractivity contribution in [3.05, 3.63) is 0 Å². The van der Waals surface area contributed by atoms with Gasteiger partial charge in [-0.15, -0.1) is 0 Å². The number of nitrogens with one attached hydrogen (secondary N) is 3. The smallest absolute Gasteiger partial charge is 0.328 e. The highest BCUT2D eigenvalue weighted by atomic mass is 16.4. The summed E-state index contributed by atoms with van der Waals surface area (Å²) in [5.41, 5.74) is 15.6. The first-order chi connectivity index (χ1) is 13.5. The fourth-order valence-electron chi connectivity index (χ4n) is 2.13. The Morgan fingerprint density at radius 2 is 1.66 bits per heavy atom. The van der Waals surface area contributed by atoms with Crippen molar-refractivity contribution in [2.45, 2.75) is 44.0 Å². The summed E-state index contributed by atoms with van der Waals surface area (Å²) in [6, 6.07) is -4.26. The maximum Gasteiger partial charge on any atom is 0.328 e. The Morgan fingerprint density at radius 3 is 2.10 bits per heavy atom. The molecule has 0 spiro atoms. The van der Waals surface area contributed by atoms with Crippen LogP contribution < -0.4 is 33.2 Å². The summed E-state index contributed by atoms with van der Waals surface area (Å²) in [7, 11) is 0. The van der Waals surface area contributed by atoms with Gasteiger partial charge in [-0.1, -0.05) is 0 Å². The summed E-state index contributed by atoms with van der Waals surface area (Å²) in [5, 5.41) is 34.3. The lowest BCUT2D eigenvalue weighted by Crippen LogP contribution is -2.59. The number of hydrogen-bond acceptors (Lipinski definition) is 8. The largest absolute Gasteiger partial charge is 0.480 e. The minimum Gasteiger partial charge on any atom is -0.480 e. The number of hydrogen-bond donors (Lipinski definition) is 9. The predicted molar refractivity (Wildman–Crippen MR) is 101 cm³/mol. The molecule has 0 heterocycles. The van der Waals surface area contributed by atoms with Crippen LogP contribution in [-0.4, -0.2) is 88.9 Å². The summed E-state index contributed by atoms with van der Waals surface area (Å²) in [5.74, 6) is -4.10. The number of aliphatic hydroxyl groups excluding tert-OH is 2. The van der Waals surface area contributed by atoms with Gasteiger partial charge < -0.3 is 48.5 Å². The van der Waals surface area contributed by atoms with Crippen LogP contribution in [0.15, 0.2) is 4.99 Å². The fraction of sp³-hybridized carbons (Fsp3) is 0.667. The second kappa shape index (κ2) is 13.2. The van der Waals surface area contributed by atoms with Crippen molar-refractivity contribution in [1.29, 1.82) is 0 Å². The van der Waals surface area contributed by atoms with Gasteiger partial charge in [0.15, 0.2) is 5.96 Å². The topological polar surface area (TPSA) is 255 Å². The third-order valence-electron chi connectivity index (χ3n) is 3.64. The molecule has 0 aliphatic heterocycles. The number of guanidine groups is 1. The predicted octanol–water partition coefficient (Wildman–Crippen LogP) is -5.09. The molecule has 0 rings (SSSR count). The number of nitrogens with two attached hydrogens (primary N) is 3. The van der Waals surface area contributed by atoms with Crippen LogP contribution >= 0.6 is 0 Å². The Kier molecular flexibility index (Phi) is 11.9. The number of carbonyl (C=O) groups excluding carboxylic acids is 3. The van der Waals surface area contributed by atoms with Gasteiger partial charge in [-0.05, 0) is 19.8 Å². The fourth-order valence-corrected chi connectivity index (χ4v) is 2.13. The Bertz CT molecular complexity index is 608. The number of rotatable bonds is 13. The molecule has 4 atom stereocenters. The molecule has 14 heteroatoms. The van der Waals surface area contributed by atoms with Gasteiger partial charge in [0.25, 0.3) is 0 Å². The van der Waals surface area contributed by atoms with Crippen LogP contribution in [-0.2, 0) is 19.2 Å². The molecule has 12 N–H and O–H groups in total. The van der Waals surface area contributed by atoms with Crippen LogP contribution in [0.2, 0.25) is 0 Å². The zero-order valence-corrected chi connectivity index (χ0v) is 16.0. The van der Waals surface area contributed by atoms with Crippen molar-refractivity contribution in [3.8, 4) is 0 Å². The van der Waals surface area contributed by atoms with Crippen LogP contribution in [0.1, 0.15) is 19.8 Å². The molecular weight excluding hydrogens is 390 g/mol. The molecule has 0 aliphatic carbocycles. The van der Waals surface area contributed by atoms with Gasteiger partial charge in [-0.25, -0.2) is 4.79 Å². The van der Waals surface area contributed by atoms with Crippen molar-refractivity contribution in [2.75, 3.05) is 19.7 Å². The third-order valence-corrected chi connectivity index (χ3v) is 3.64. The first-order valence-corrected chi connectivity index (χ1v) is 8.70. The first kappa shape index (κ1) is 26.0. The number of aliphatic imine (C=N–C) groups is 1. The van der Waals surface area contributed by atoms with E-state index in [1.54, 1.807) is 0 Å². The summed E-state index contributed by atoms with van der Waals surface area (Å²) in [6.45, 7) is 0.115. The SMILES string of the molecule is CC(O)C(NC(=O)C(CCCN=C(N)N)NC(=O)CN)C(=O)NC(CO)C(=O)O. The monoisotopic (exact) mass is 419 g/mol. The molecule has 0 aromatic carbocycles. The zero-order valence-electron chi connectivity index (χ0n) is 16.0. The van der Waals surface area contributed by atoms with Crippen molar-refractivity contribution < 1.29 is 34.5 Å². The quantitative estimate of drug-likeness (QED) is 0.0779. The number of carboxylic acid groups (broad SMARTS) is 1. The molecule has 0 radical (unpaired) electrons. The van der Waals surface area contributed by atoms with Crippen LogP contribution in [0, 0.1) is 0 Å². The second-order valence-electron chi connectivity index (χ2n) is 6.08. The minimum atomic E-state index is -1.62. The van der Waals surface area contributed by atoms with Crippen molar-refractivity contribution >= 4 is 29.7 Å². The minimum absolute atomic E-state index is 0.0941. The van der Waals surface area contributed by atoms with Crippen LogP contribution in [0.4, 0.5) is 0 Å². The standard InChI is InChI=1S/C15H29N7O7/c1-7(24)11(13(27)21-9(6-23)14(28)29)22-12(26)8(20-10(25)5-16)3-2-4-19-15(17)18/h7-9,11,23-24H,2-6,16H2,1H3,(H,20,25)(H,21,27)(H,22,26)(H,28,29)(H4,17,18,19). The van der Waals surface area contributed by atoms with Gasteiger partial charge in [0.2, 0.25) is 17.7 Å². The van der Waals surface area contributed by atoms with Gasteiger partial charge in [-0.2, -0.15) is 0 Å². The van der Waals surface area contributed by atoms with Gasteiger partial charge >= 0.3 is 5.97 Å². The van der Waals surface area contributed by atoms with Crippen LogP contribution in [0.5, 0.6) is 0 Å². The lowest BCUT2D eigenvalue weighted by molar-refractivity contribution is -0.144. The van der Waals surface area contributed by atoms with E-state index in [1.165, 1.54) is 6.92 Å². The zero-order chi connectivity index (χ0) is 22.6. The normalized spacial score (nSPS) is 14.6. The van der Waals surface area contributed by atoms with E-state index in [1.807, 2.05) is 5.32 Å². The number of aliphatic hydroxyl groups is 2. The lowest BCUT2D eigenvalue weighted by Gasteiger charge is -2.25. The van der Waals surface area contributed by atoms with E-state index in [9.17, 15) is 24.3 Å². The highest BCUT2D eigenvalue weighted by molar-refractivity contribution is 5.93. The van der Waals surface area contributed by atoms with Crippen molar-refractivity contribution in [1.82, 2.24) is 16.0 Å². The van der Waals surface area contributed by atoms with E-state index in [2.05, 4.69) is 15.6 Å². The van der Waals surface area contributed by atoms with Crippen molar-refractivity contribution in [2.24, 2.45) is 22.2 Å². The summed E-state index contributed by atoms with van der Waals surface area (Å²) in [4.78, 5) is 51.0. The van der Waals surface area contributed by atoms with Gasteiger partial charge in [0.1, 0.15) is 18.1 Å². The number of carbonyl (C=O) groups is 4. The van der Waals surface area contributed by atoms with E-state index >= 15 is 0 Å². The summed E-state index contributed by atoms with van der Waals surface area (Å²) < 4.78 is 0. The molecule has 0 saturated heterocycles. The van der Waals surface area contributed by atoms with E-state index in [4.69, 9.17) is 27.4 Å². The second-order valence-corrected chi connectivity index (χ2v) is 6.08. The Hall–Kier alpha value is -2.97. The summed E-state index contributed by atoms with van der Waals surface area (Å²) >= 11 is 0. The average Bonchev–Trinajstić information content (AvgIpc) is 2.64. The molecule has 0 aromatic heterocycles. The molecule has 0 aliphatic rings. The Balaban J connectivity index is 5.19. The average molecular weight is 419 g/mol. The molecule has 4 unspecified atom stereocenters.